The van der Waals surface area contributed by atoms with Crippen LogP contribution in [0.25, 0.3) is 0 Å². The first-order valence-electron chi connectivity index (χ1n) is 6.96. The fourth-order valence-corrected chi connectivity index (χ4v) is 2.06. The number of likely N-dealkylation sites (N-methyl/N-ethyl adjacent to an activating group) is 1. The van der Waals surface area contributed by atoms with Crippen molar-refractivity contribution in [2.45, 2.75) is 45.8 Å². The lowest BCUT2D eigenvalue weighted by atomic mass is 10.0. The topological polar surface area (TPSA) is 64.3 Å². The SMILES string of the molecule is CCNC(=O)C(C)Oc1c(Cl)cccc1CC(N)CC. The van der Waals surface area contributed by atoms with Crippen molar-refractivity contribution in [2.24, 2.45) is 5.73 Å². The van der Waals surface area contributed by atoms with Gasteiger partial charge in [-0.2, -0.15) is 0 Å². The van der Waals surface area contributed by atoms with Crippen LogP contribution in [0.5, 0.6) is 5.75 Å². The van der Waals surface area contributed by atoms with Crippen LogP contribution < -0.4 is 15.8 Å². The molecule has 1 amide bonds. The van der Waals surface area contributed by atoms with Crippen LogP contribution >= 0.6 is 11.6 Å². The molecule has 0 aliphatic rings. The van der Waals surface area contributed by atoms with Gasteiger partial charge in [-0.3, -0.25) is 4.79 Å². The zero-order valence-corrected chi connectivity index (χ0v) is 13.0. The predicted octanol–water partition coefficient (Wildman–Crippen LogP) is 2.52. The smallest absolute Gasteiger partial charge is 0.260 e. The van der Waals surface area contributed by atoms with Gasteiger partial charge in [-0.15, -0.1) is 0 Å². The van der Waals surface area contributed by atoms with Crippen molar-refractivity contribution < 1.29 is 9.53 Å². The van der Waals surface area contributed by atoms with Crippen molar-refractivity contribution in [1.82, 2.24) is 5.32 Å². The Morgan fingerprint density at radius 2 is 2.15 bits per heavy atom. The molecule has 2 atom stereocenters. The Morgan fingerprint density at radius 3 is 2.75 bits per heavy atom. The minimum Gasteiger partial charge on any atom is -0.479 e. The maximum atomic E-state index is 11.7. The molecular formula is C15H23ClN2O2. The molecule has 0 bridgehead atoms. The fraction of sp³-hybridized carbons (Fsp3) is 0.533. The molecule has 4 nitrogen and oxygen atoms in total. The summed E-state index contributed by atoms with van der Waals surface area (Å²) in [6, 6.07) is 5.60. The first-order valence-corrected chi connectivity index (χ1v) is 7.34. The molecule has 2 unspecified atom stereocenters. The van der Waals surface area contributed by atoms with Crippen LogP contribution in [0, 0.1) is 0 Å². The minimum atomic E-state index is -0.591. The quantitative estimate of drug-likeness (QED) is 0.813. The minimum absolute atomic E-state index is 0.0515. The van der Waals surface area contributed by atoms with Gasteiger partial charge in [-0.05, 0) is 38.3 Å². The summed E-state index contributed by atoms with van der Waals surface area (Å²) < 4.78 is 5.74. The van der Waals surface area contributed by atoms with Crippen LogP contribution in [0.15, 0.2) is 18.2 Å². The van der Waals surface area contributed by atoms with E-state index >= 15 is 0 Å². The molecule has 0 heterocycles. The summed E-state index contributed by atoms with van der Waals surface area (Å²) >= 11 is 6.18. The Kier molecular flexibility index (Phi) is 6.82. The van der Waals surface area contributed by atoms with Gasteiger partial charge in [-0.25, -0.2) is 0 Å². The molecule has 0 aliphatic heterocycles. The summed E-state index contributed by atoms with van der Waals surface area (Å²) in [5.41, 5.74) is 6.92. The van der Waals surface area contributed by atoms with Gasteiger partial charge in [0, 0.05) is 12.6 Å². The van der Waals surface area contributed by atoms with Gasteiger partial charge in [0.2, 0.25) is 0 Å². The van der Waals surface area contributed by atoms with Crippen molar-refractivity contribution >= 4 is 17.5 Å². The molecule has 20 heavy (non-hydrogen) atoms. The number of nitrogens with two attached hydrogens (primary N) is 1. The zero-order valence-electron chi connectivity index (χ0n) is 12.3. The second kappa shape index (κ2) is 8.12. The highest BCUT2D eigenvalue weighted by atomic mass is 35.5. The predicted molar refractivity (Wildman–Crippen MR) is 82.2 cm³/mol. The van der Waals surface area contributed by atoms with Gasteiger partial charge in [0.1, 0.15) is 5.75 Å². The van der Waals surface area contributed by atoms with E-state index in [0.29, 0.717) is 23.7 Å². The highest BCUT2D eigenvalue weighted by Crippen LogP contribution is 2.30. The van der Waals surface area contributed by atoms with Crippen LogP contribution in [0.3, 0.4) is 0 Å². The normalized spacial score (nSPS) is 13.7. The van der Waals surface area contributed by atoms with Gasteiger partial charge in [-0.1, -0.05) is 30.7 Å². The summed E-state index contributed by atoms with van der Waals surface area (Å²) in [5.74, 6) is 0.398. The third-order valence-electron chi connectivity index (χ3n) is 3.07. The average Bonchev–Trinajstić information content (AvgIpc) is 2.42. The molecule has 0 saturated heterocycles. The number of benzene rings is 1. The van der Waals surface area contributed by atoms with Crippen molar-refractivity contribution in [3.05, 3.63) is 28.8 Å². The van der Waals surface area contributed by atoms with Crippen LogP contribution in [-0.2, 0) is 11.2 Å². The number of carbonyl (C=O) groups is 1. The van der Waals surface area contributed by atoms with E-state index in [4.69, 9.17) is 22.1 Å². The van der Waals surface area contributed by atoms with E-state index in [0.717, 1.165) is 12.0 Å². The first kappa shape index (κ1) is 16.8. The monoisotopic (exact) mass is 298 g/mol. The largest absolute Gasteiger partial charge is 0.479 e. The number of nitrogens with one attached hydrogen (secondary N) is 1. The Balaban J connectivity index is 2.89. The molecule has 1 rings (SSSR count). The van der Waals surface area contributed by atoms with E-state index < -0.39 is 6.10 Å². The number of rotatable bonds is 7. The lowest BCUT2D eigenvalue weighted by molar-refractivity contribution is -0.127. The molecule has 3 N–H and O–H groups in total. The van der Waals surface area contributed by atoms with Crippen LogP contribution in [0.2, 0.25) is 5.02 Å². The molecule has 0 fully saturated rings. The van der Waals surface area contributed by atoms with E-state index in [1.54, 1.807) is 13.0 Å². The third kappa shape index (κ3) is 4.69. The molecule has 1 aromatic carbocycles. The van der Waals surface area contributed by atoms with Gasteiger partial charge < -0.3 is 15.8 Å². The summed E-state index contributed by atoms with van der Waals surface area (Å²) in [5, 5.41) is 3.23. The lowest BCUT2D eigenvalue weighted by Gasteiger charge is -2.19. The molecular weight excluding hydrogens is 276 g/mol. The Morgan fingerprint density at radius 1 is 1.45 bits per heavy atom. The van der Waals surface area contributed by atoms with Crippen LogP contribution in [0.4, 0.5) is 0 Å². The van der Waals surface area contributed by atoms with Crippen molar-refractivity contribution in [3.8, 4) is 5.75 Å². The van der Waals surface area contributed by atoms with Crippen LogP contribution in [-0.4, -0.2) is 24.6 Å². The molecule has 1 aromatic rings. The Labute approximate surface area is 125 Å². The maximum Gasteiger partial charge on any atom is 0.260 e. The lowest BCUT2D eigenvalue weighted by Crippen LogP contribution is -2.36. The second-order valence-electron chi connectivity index (χ2n) is 4.76. The van der Waals surface area contributed by atoms with Gasteiger partial charge in [0.25, 0.3) is 5.91 Å². The van der Waals surface area contributed by atoms with Crippen LogP contribution in [0.1, 0.15) is 32.8 Å². The number of ether oxygens (including phenoxy) is 1. The number of hydrogen-bond acceptors (Lipinski definition) is 3. The standard InChI is InChI=1S/C15H23ClN2O2/c1-4-12(17)9-11-7-6-8-13(16)14(11)20-10(3)15(19)18-5-2/h6-8,10,12H,4-5,9,17H2,1-3H3,(H,18,19). The van der Waals surface area contributed by atoms with Crippen molar-refractivity contribution in [3.63, 3.8) is 0 Å². The molecule has 0 aliphatic carbocycles. The molecule has 5 heteroatoms. The Hall–Kier alpha value is -1.26. The van der Waals surface area contributed by atoms with E-state index in [2.05, 4.69) is 5.32 Å². The highest BCUT2D eigenvalue weighted by molar-refractivity contribution is 6.32. The van der Waals surface area contributed by atoms with Gasteiger partial charge in [0.15, 0.2) is 6.10 Å². The molecule has 0 spiro atoms. The fourth-order valence-electron chi connectivity index (χ4n) is 1.82. The number of halogens is 1. The summed E-state index contributed by atoms with van der Waals surface area (Å²) in [7, 11) is 0. The zero-order chi connectivity index (χ0) is 15.1. The molecule has 112 valence electrons. The van der Waals surface area contributed by atoms with Crippen molar-refractivity contribution in [1.29, 1.82) is 0 Å². The van der Waals surface area contributed by atoms with Gasteiger partial charge >= 0.3 is 0 Å². The second-order valence-corrected chi connectivity index (χ2v) is 5.16. The molecule has 0 saturated carbocycles. The van der Waals surface area contributed by atoms with E-state index in [1.807, 2.05) is 26.0 Å². The van der Waals surface area contributed by atoms with E-state index in [9.17, 15) is 4.79 Å². The third-order valence-corrected chi connectivity index (χ3v) is 3.37. The summed E-state index contributed by atoms with van der Waals surface area (Å²) in [4.78, 5) is 11.7. The highest BCUT2D eigenvalue weighted by Gasteiger charge is 2.18. The molecule has 0 aromatic heterocycles. The average molecular weight is 299 g/mol. The number of para-hydroxylation sites is 1. The molecule has 0 radical (unpaired) electrons. The van der Waals surface area contributed by atoms with Crippen molar-refractivity contribution in [2.75, 3.05) is 6.54 Å². The maximum absolute atomic E-state index is 11.7. The Bertz CT molecular complexity index is 451. The summed E-state index contributed by atoms with van der Waals surface area (Å²) in [6.45, 7) is 6.18. The number of amides is 1. The summed E-state index contributed by atoms with van der Waals surface area (Å²) in [6.07, 6.45) is 0.957. The number of hydrogen-bond donors (Lipinski definition) is 2. The number of carbonyl (C=O) groups excluding carboxylic acids is 1. The van der Waals surface area contributed by atoms with E-state index in [1.165, 1.54) is 0 Å². The van der Waals surface area contributed by atoms with Gasteiger partial charge in [0.05, 0.1) is 5.02 Å². The first-order chi connectivity index (χ1) is 9.49. The van der Waals surface area contributed by atoms with E-state index in [-0.39, 0.29) is 11.9 Å².